The molecule has 1 amide bonds. The maximum atomic E-state index is 11.9. The zero-order valence-corrected chi connectivity index (χ0v) is 16.1. The topological polar surface area (TPSA) is 61.8 Å². The Hall–Kier alpha value is -1.59. The average molecular weight is 348 g/mol. The highest BCUT2D eigenvalue weighted by atomic mass is 16.6. The molecule has 2 rings (SSSR count). The predicted octanol–water partition coefficient (Wildman–Crippen LogP) is 3.33. The number of nitrogens with zero attached hydrogens (tertiary/aromatic N) is 1. The van der Waals surface area contributed by atoms with E-state index in [1.165, 1.54) is 5.56 Å². The fourth-order valence-corrected chi connectivity index (χ4v) is 3.20. The lowest BCUT2D eigenvalue weighted by Crippen LogP contribution is -2.46. The molecule has 0 spiro atoms. The number of piperidine rings is 1. The van der Waals surface area contributed by atoms with Crippen molar-refractivity contribution < 1.29 is 14.6 Å². The van der Waals surface area contributed by atoms with E-state index in [4.69, 9.17) is 4.74 Å². The van der Waals surface area contributed by atoms with Crippen LogP contribution < -0.4 is 5.32 Å². The Bertz CT molecular complexity index is 587. The minimum atomic E-state index is -0.477. The summed E-state index contributed by atoms with van der Waals surface area (Å²) in [5, 5.41) is 13.5. The zero-order chi connectivity index (χ0) is 18.6. The number of β-amino-alcohol motifs (C(OH)–C–C–N with tert-alkyl or cyclic N) is 1. The zero-order valence-electron chi connectivity index (χ0n) is 16.1. The van der Waals surface area contributed by atoms with Crippen LogP contribution in [0.4, 0.5) is 4.79 Å². The van der Waals surface area contributed by atoms with Gasteiger partial charge in [-0.25, -0.2) is 4.79 Å². The molecule has 1 fully saturated rings. The number of benzene rings is 1. The number of carbonyl (C=O) groups excluding carboxylic acids is 1. The number of aliphatic hydroxyl groups excluding tert-OH is 1. The fourth-order valence-electron chi connectivity index (χ4n) is 3.20. The number of aryl methyl sites for hydroxylation is 2. The summed E-state index contributed by atoms with van der Waals surface area (Å²) in [7, 11) is 0. The largest absolute Gasteiger partial charge is 0.444 e. The van der Waals surface area contributed by atoms with Crippen LogP contribution in [0.5, 0.6) is 0 Å². The minimum Gasteiger partial charge on any atom is -0.444 e. The van der Waals surface area contributed by atoms with Gasteiger partial charge in [0.1, 0.15) is 5.60 Å². The number of ether oxygens (including phenoxy) is 1. The van der Waals surface area contributed by atoms with Crippen molar-refractivity contribution in [3.05, 3.63) is 34.9 Å². The summed E-state index contributed by atoms with van der Waals surface area (Å²) < 4.78 is 5.31. The summed E-state index contributed by atoms with van der Waals surface area (Å²) in [4.78, 5) is 14.1. The van der Waals surface area contributed by atoms with E-state index in [9.17, 15) is 9.90 Å². The van der Waals surface area contributed by atoms with Gasteiger partial charge in [-0.1, -0.05) is 23.8 Å². The summed E-state index contributed by atoms with van der Waals surface area (Å²) in [6, 6.07) is 6.34. The summed E-state index contributed by atoms with van der Waals surface area (Å²) in [5.74, 6) is 0. The standard InChI is InChI=1S/C20H32N2O3/c1-14-6-7-15(2)17(12-14)18(23)13-22-10-8-16(9-11-22)21-19(24)25-20(3,4)5/h6-7,12,16,18,23H,8-11,13H2,1-5H3,(H,21,24). The number of aliphatic hydroxyl groups is 1. The van der Waals surface area contributed by atoms with E-state index in [0.29, 0.717) is 6.54 Å². The van der Waals surface area contributed by atoms with Gasteiger partial charge in [0.2, 0.25) is 0 Å². The highest BCUT2D eigenvalue weighted by Gasteiger charge is 2.25. The lowest BCUT2D eigenvalue weighted by atomic mass is 9.99. The lowest BCUT2D eigenvalue weighted by molar-refractivity contribution is 0.0459. The van der Waals surface area contributed by atoms with Gasteiger partial charge in [0, 0.05) is 25.7 Å². The van der Waals surface area contributed by atoms with E-state index in [0.717, 1.165) is 37.1 Å². The Morgan fingerprint density at radius 3 is 2.56 bits per heavy atom. The molecular weight excluding hydrogens is 316 g/mol. The first-order chi connectivity index (χ1) is 11.6. The number of carbonyl (C=O) groups is 1. The van der Waals surface area contributed by atoms with E-state index >= 15 is 0 Å². The van der Waals surface area contributed by atoms with Crippen molar-refractivity contribution >= 4 is 6.09 Å². The first kappa shape index (κ1) is 19.7. The van der Waals surface area contributed by atoms with Crippen LogP contribution in [0.15, 0.2) is 18.2 Å². The fraction of sp³-hybridized carbons (Fsp3) is 0.650. The first-order valence-corrected chi connectivity index (χ1v) is 9.11. The number of hydrogen-bond donors (Lipinski definition) is 2. The molecule has 1 aromatic carbocycles. The van der Waals surface area contributed by atoms with Gasteiger partial charge in [-0.2, -0.15) is 0 Å². The smallest absolute Gasteiger partial charge is 0.407 e. The van der Waals surface area contributed by atoms with Crippen LogP contribution in [0.1, 0.15) is 56.4 Å². The quantitative estimate of drug-likeness (QED) is 0.876. The van der Waals surface area contributed by atoms with Crippen LogP contribution >= 0.6 is 0 Å². The Balaban J connectivity index is 1.80. The normalized spacial score (nSPS) is 18.0. The molecule has 0 bridgehead atoms. The van der Waals surface area contributed by atoms with E-state index in [1.807, 2.05) is 34.6 Å². The van der Waals surface area contributed by atoms with Gasteiger partial charge in [0.25, 0.3) is 0 Å². The molecule has 1 aromatic rings. The average Bonchev–Trinajstić information content (AvgIpc) is 2.49. The molecule has 1 saturated heterocycles. The Morgan fingerprint density at radius 2 is 1.96 bits per heavy atom. The minimum absolute atomic E-state index is 0.143. The molecule has 0 aromatic heterocycles. The van der Waals surface area contributed by atoms with Crippen LogP contribution in [-0.2, 0) is 4.74 Å². The Morgan fingerprint density at radius 1 is 1.32 bits per heavy atom. The Labute approximate surface area is 151 Å². The molecule has 1 aliphatic rings. The molecule has 5 nitrogen and oxygen atoms in total. The molecule has 1 atom stereocenters. The third-order valence-electron chi connectivity index (χ3n) is 4.53. The second kappa shape index (κ2) is 8.19. The second-order valence-corrected chi connectivity index (χ2v) is 8.10. The monoisotopic (exact) mass is 348 g/mol. The van der Waals surface area contributed by atoms with E-state index in [1.54, 1.807) is 0 Å². The van der Waals surface area contributed by atoms with Crippen molar-refractivity contribution in [1.29, 1.82) is 0 Å². The first-order valence-electron chi connectivity index (χ1n) is 9.11. The van der Waals surface area contributed by atoms with Crippen LogP contribution in [-0.4, -0.2) is 47.4 Å². The van der Waals surface area contributed by atoms with Crippen LogP contribution in [0.25, 0.3) is 0 Å². The highest BCUT2D eigenvalue weighted by molar-refractivity contribution is 5.68. The number of likely N-dealkylation sites (tertiary alicyclic amines) is 1. The van der Waals surface area contributed by atoms with E-state index in [2.05, 4.69) is 28.4 Å². The molecule has 140 valence electrons. The van der Waals surface area contributed by atoms with Crippen molar-refractivity contribution in [2.75, 3.05) is 19.6 Å². The van der Waals surface area contributed by atoms with Crippen molar-refractivity contribution in [2.45, 2.75) is 65.2 Å². The van der Waals surface area contributed by atoms with Gasteiger partial charge >= 0.3 is 6.09 Å². The van der Waals surface area contributed by atoms with Gasteiger partial charge in [0.05, 0.1) is 6.10 Å². The van der Waals surface area contributed by atoms with Crippen molar-refractivity contribution in [1.82, 2.24) is 10.2 Å². The Kier molecular flexibility index (Phi) is 6.47. The molecule has 5 heteroatoms. The second-order valence-electron chi connectivity index (χ2n) is 8.10. The predicted molar refractivity (Wildman–Crippen MR) is 99.7 cm³/mol. The summed E-state index contributed by atoms with van der Waals surface area (Å²) in [6.07, 6.45) is 0.925. The number of hydrogen-bond acceptors (Lipinski definition) is 4. The number of rotatable bonds is 4. The van der Waals surface area contributed by atoms with E-state index < -0.39 is 11.7 Å². The third-order valence-corrected chi connectivity index (χ3v) is 4.53. The van der Waals surface area contributed by atoms with Gasteiger partial charge in [0.15, 0.2) is 0 Å². The molecule has 2 N–H and O–H groups in total. The van der Waals surface area contributed by atoms with Crippen molar-refractivity contribution in [3.63, 3.8) is 0 Å². The van der Waals surface area contributed by atoms with E-state index in [-0.39, 0.29) is 12.1 Å². The van der Waals surface area contributed by atoms with Crippen molar-refractivity contribution in [2.24, 2.45) is 0 Å². The van der Waals surface area contributed by atoms with Crippen molar-refractivity contribution in [3.8, 4) is 0 Å². The molecule has 25 heavy (non-hydrogen) atoms. The molecule has 0 saturated carbocycles. The third kappa shape index (κ3) is 6.33. The molecule has 1 heterocycles. The number of amides is 1. The molecule has 1 unspecified atom stereocenters. The van der Waals surface area contributed by atoms with Gasteiger partial charge in [-0.05, 0) is 58.6 Å². The number of nitrogens with one attached hydrogen (secondary N) is 1. The molecule has 0 aliphatic carbocycles. The summed E-state index contributed by atoms with van der Waals surface area (Å²) in [5.41, 5.74) is 2.83. The molecule has 1 aliphatic heterocycles. The number of alkyl carbamates (subject to hydrolysis) is 1. The maximum Gasteiger partial charge on any atom is 0.407 e. The van der Waals surface area contributed by atoms with Gasteiger partial charge in [-0.15, -0.1) is 0 Å². The van der Waals surface area contributed by atoms with Crippen LogP contribution in [0.2, 0.25) is 0 Å². The van der Waals surface area contributed by atoms with Crippen LogP contribution in [0, 0.1) is 13.8 Å². The molecular formula is C20H32N2O3. The summed E-state index contributed by atoms with van der Waals surface area (Å²) >= 11 is 0. The van der Waals surface area contributed by atoms with Gasteiger partial charge < -0.3 is 20.1 Å². The lowest BCUT2D eigenvalue weighted by Gasteiger charge is -2.34. The van der Waals surface area contributed by atoms with Crippen LogP contribution in [0.3, 0.4) is 0 Å². The highest BCUT2D eigenvalue weighted by Crippen LogP contribution is 2.22. The SMILES string of the molecule is Cc1ccc(C)c(C(O)CN2CCC(NC(=O)OC(C)(C)C)CC2)c1. The maximum absolute atomic E-state index is 11.9. The van der Waals surface area contributed by atoms with Gasteiger partial charge in [-0.3, -0.25) is 0 Å². The summed E-state index contributed by atoms with van der Waals surface area (Å²) in [6.45, 7) is 12.0. The molecule has 0 radical (unpaired) electrons.